The molecular formula is C15H15BrN2O5. The lowest BCUT2D eigenvalue weighted by molar-refractivity contribution is -0.214. The Morgan fingerprint density at radius 2 is 2.00 bits per heavy atom. The lowest BCUT2D eigenvalue weighted by Crippen LogP contribution is -2.58. The fraction of sp³-hybridized carbons (Fsp3) is 0.400. The largest absolute Gasteiger partial charge is 0.394 e. The quantitative estimate of drug-likeness (QED) is 0.425. The van der Waals surface area contributed by atoms with Crippen LogP contribution in [0.5, 0.6) is 0 Å². The van der Waals surface area contributed by atoms with Gasteiger partial charge in [0.15, 0.2) is 0 Å². The van der Waals surface area contributed by atoms with Gasteiger partial charge < -0.3 is 25.2 Å². The van der Waals surface area contributed by atoms with Gasteiger partial charge in [-0.1, -0.05) is 27.8 Å². The van der Waals surface area contributed by atoms with Gasteiger partial charge in [-0.2, -0.15) is 5.10 Å². The van der Waals surface area contributed by atoms with Gasteiger partial charge in [0, 0.05) is 9.86 Å². The number of fused-ring (bicyclic) bond motifs is 1. The number of ether oxygens (including phenoxy) is 1. The smallest absolute Gasteiger partial charge is 0.147 e. The van der Waals surface area contributed by atoms with E-state index < -0.39 is 37.1 Å². The summed E-state index contributed by atoms with van der Waals surface area (Å²) in [5, 5.41) is 46.3. The molecule has 1 fully saturated rings. The van der Waals surface area contributed by atoms with E-state index in [9.17, 15) is 20.4 Å². The minimum Gasteiger partial charge on any atom is -0.394 e. The van der Waals surface area contributed by atoms with Crippen molar-refractivity contribution in [2.45, 2.75) is 30.5 Å². The summed E-state index contributed by atoms with van der Waals surface area (Å²) in [6, 6.07) is 3.68. The Morgan fingerprint density at radius 1 is 1.22 bits per heavy atom. The summed E-state index contributed by atoms with van der Waals surface area (Å²) in [7, 11) is 0. The van der Waals surface area contributed by atoms with Crippen molar-refractivity contribution in [3.8, 4) is 11.8 Å². The first-order chi connectivity index (χ1) is 11.0. The summed E-state index contributed by atoms with van der Waals surface area (Å²) in [6.07, 6.45) is -4.53. The van der Waals surface area contributed by atoms with Crippen molar-refractivity contribution in [3.05, 3.63) is 28.4 Å². The molecule has 1 aliphatic rings. The zero-order valence-electron chi connectivity index (χ0n) is 11.8. The Hall–Kier alpha value is -1.47. The predicted octanol–water partition coefficient (Wildman–Crippen LogP) is -0.481. The lowest BCUT2D eigenvalue weighted by atomic mass is 9.95. The zero-order valence-corrected chi connectivity index (χ0v) is 13.4. The lowest BCUT2D eigenvalue weighted by Gasteiger charge is -2.37. The molecule has 1 saturated heterocycles. The molecule has 5 atom stereocenters. The molecule has 4 unspecified atom stereocenters. The van der Waals surface area contributed by atoms with Crippen molar-refractivity contribution in [2.24, 2.45) is 0 Å². The number of H-pyrrole nitrogens is 1. The molecule has 3 rings (SSSR count). The highest BCUT2D eigenvalue weighted by atomic mass is 79.9. The van der Waals surface area contributed by atoms with Crippen LogP contribution in [0.1, 0.15) is 5.56 Å². The minimum atomic E-state index is -1.44. The molecular weight excluding hydrogens is 368 g/mol. The molecule has 0 amide bonds. The summed E-state index contributed by atoms with van der Waals surface area (Å²) in [5.41, 5.74) is 1.38. The van der Waals surface area contributed by atoms with Gasteiger partial charge in [0.1, 0.15) is 30.5 Å². The molecule has 122 valence electrons. The highest BCUT2D eigenvalue weighted by Gasteiger charge is 2.42. The van der Waals surface area contributed by atoms with Crippen molar-refractivity contribution >= 4 is 26.8 Å². The van der Waals surface area contributed by atoms with Gasteiger partial charge in [0.2, 0.25) is 0 Å². The van der Waals surface area contributed by atoms with Crippen LogP contribution >= 0.6 is 15.9 Å². The molecule has 0 spiro atoms. The number of nitrogens with one attached hydrogen (secondary N) is 1. The van der Waals surface area contributed by atoms with Gasteiger partial charge in [-0.25, -0.2) is 0 Å². The first-order valence-corrected chi connectivity index (χ1v) is 7.75. The molecule has 0 aliphatic carbocycles. The van der Waals surface area contributed by atoms with Crippen molar-refractivity contribution in [2.75, 3.05) is 6.61 Å². The van der Waals surface area contributed by atoms with Gasteiger partial charge in [-0.15, -0.1) is 0 Å². The average molecular weight is 383 g/mol. The van der Waals surface area contributed by atoms with Gasteiger partial charge >= 0.3 is 0 Å². The Balaban J connectivity index is 1.92. The Labute approximate surface area is 140 Å². The number of aromatic nitrogens is 2. The van der Waals surface area contributed by atoms with Gasteiger partial charge in [-0.05, 0) is 12.1 Å². The minimum absolute atomic E-state index is 0.481. The number of nitrogens with zero attached hydrogens (tertiary/aromatic N) is 1. The fourth-order valence-corrected chi connectivity index (χ4v) is 2.96. The SMILES string of the molecule is OCC1OC(C#Cc2cc(Br)cc3cn[nH]c23)C(O)C(O)[C@@H]1O. The van der Waals surface area contributed by atoms with E-state index in [1.807, 2.05) is 6.07 Å². The Bertz CT molecular complexity index is 766. The number of aromatic amines is 1. The topological polar surface area (TPSA) is 119 Å². The highest BCUT2D eigenvalue weighted by molar-refractivity contribution is 9.10. The number of hydrogen-bond acceptors (Lipinski definition) is 6. The number of benzene rings is 1. The summed E-state index contributed by atoms with van der Waals surface area (Å²) in [6.45, 7) is -0.481. The van der Waals surface area contributed by atoms with Crippen LogP contribution in [-0.4, -0.2) is 67.8 Å². The van der Waals surface area contributed by atoms with Crippen LogP contribution in [0.15, 0.2) is 22.8 Å². The normalized spacial score (nSPS) is 30.9. The molecule has 1 aromatic carbocycles. The summed E-state index contributed by atoms with van der Waals surface area (Å²) in [4.78, 5) is 0. The summed E-state index contributed by atoms with van der Waals surface area (Å²) < 4.78 is 6.18. The van der Waals surface area contributed by atoms with Crippen molar-refractivity contribution < 1.29 is 25.2 Å². The molecule has 0 bridgehead atoms. The first-order valence-electron chi connectivity index (χ1n) is 6.96. The third-order valence-electron chi connectivity index (χ3n) is 3.75. The summed E-state index contributed by atoms with van der Waals surface area (Å²) >= 11 is 3.39. The van der Waals surface area contributed by atoms with Gasteiger partial charge in [0.25, 0.3) is 0 Å². The van der Waals surface area contributed by atoms with Crippen LogP contribution in [0.25, 0.3) is 10.9 Å². The van der Waals surface area contributed by atoms with E-state index in [1.54, 1.807) is 12.3 Å². The van der Waals surface area contributed by atoms with Crippen LogP contribution in [0.3, 0.4) is 0 Å². The van der Waals surface area contributed by atoms with Crippen molar-refractivity contribution in [1.82, 2.24) is 10.2 Å². The standard InChI is InChI=1S/C15H15BrN2O5/c16-9-3-7(12-8(4-9)5-17-18-12)1-2-10-13(20)15(22)14(21)11(6-19)23-10/h3-5,10-11,13-15,19-22H,6H2,(H,17,18)/t10?,11?,13?,14-,15?/m1/s1. The van der Waals surface area contributed by atoms with E-state index in [-0.39, 0.29) is 0 Å². The zero-order chi connectivity index (χ0) is 16.6. The maximum atomic E-state index is 9.98. The van der Waals surface area contributed by atoms with Crippen LogP contribution in [-0.2, 0) is 4.74 Å². The molecule has 23 heavy (non-hydrogen) atoms. The van der Waals surface area contributed by atoms with E-state index in [2.05, 4.69) is 38.0 Å². The van der Waals surface area contributed by atoms with Gasteiger partial charge in [0.05, 0.1) is 23.9 Å². The molecule has 2 heterocycles. The molecule has 2 aromatic rings. The van der Waals surface area contributed by atoms with Crippen molar-refractivity contribution in [1.29, 1.82) is 0 Å². The van der Waals surface area contributed by atoms with Crippen LogP contribution in [0.2, 0.25) is 0 Å². The Morgan fingerprint density at radius 3 is 2.74 bits per heavy atom. The maximum absolute atomic E-state index is 9.98. The molecule has 5 N–H and O–H groups in total. The Kier molecular flexibility index (Phi) is 4.68. The van der Waals surface area contributed by atoms with Crippen molar-refractivity contribution in [3.63, 3.8) is 0 Å². The second kappa shape index (κ2) is 6.57. The number of aliphatic hydroxyl groups is 4. The van der Waals surface area contributed by atoms with Crippen LogP contribution < -0.4 is 0 Å². The maximum Gasteiger partial charge on any atom is 0.147 e. The van der Waals surface area contributed by atoms with E-state index in [0.717, 1.165) is 15.4 Å². The number of hydrogen-bond donors (Lipinski definition) is 5. The van der Waals surface area contributed by atoms with E-state index in [4.69, 9.17) is 4.74 Å². The second-order valence-electron chi connectivity index (χ2n) is 5.31. The number of rotatable bonds is 1. The molecule has 7 nitrogen and oxygen atoms in total. The van der Waals surface area contributed by atoms with E-state index >= 15 is 0 Å². The van der Waals surface area contributed by atoms with Gasteiger partial charge in [-0.3, -0.25) is 5.10 Å². The molecule has 1 aliphatic heterocycles. The predicted molar refractivity (Wildman–Crippen MR) is 84.4 cm³/mol. The molecule has 1 aromatic heterocycles. The monoisotopic (exact) mass is 382 g/mol. The fourth-order valence-electron chi connectivity index (χ4n) is 2.49. The molecule has 8 heteroatoms. The second-order valence-corrected chi connectivity index (χ2v) is 6.22. The highest BCUT2D eigenvalue weighted by Crippen LogP contribution is 2.23. The van der Waals surface area contributed by atoms with Crippen LogP contribution in [0.4, 0.5) is 0 Å². The summed E-state index contributed by atoms with van der Waals surface area (Å²) in [5.74, 6) is 5.62. The first kappa shape index (κ1) is 16.4. The van der Waals surface area contributed by atoms with E-state index in [0.29, 0.717) is 5.56 Å². The number of halogens is 1. The molecule has 0 saturated carbocycles. The third-order valence-corrected chi connectivity index (χ3v) is 4.21. The number of aliphatic hydroxyl groups excluding tert-OH is 4. The third kappa shape index (κ3) is 3.12. The average Bonchev–Trinajstić information content (AvgIpc) is 3.00. The molecule has 0 radical (unpaired) electrons. The van der Waals surface area contributed by atoms with Crippen LogP contribution in [0, 0.1) is 11.8 Å². The van der Waals surface area contributed by atoms with E-state index in [1.165, 1.54) is 0 Å².